The summed E-state index contributed by atoms with van der Waals surface area (Å²) in [6.07, 6.45) is 0.684. The second-order valence-electron chi connectivity index (χ2n) is 4.06. The number of rotatable bonds is 4. The molecule has 4 N–H and O–H groups in total. The van der Waals surface area contributed by atoms with Gasteiger partial charge in [0, 0.05) is 18.3 Å². The van der Waals surface area contributed by atoms with E-state index in [0.29, 0.717) is 29.8 Å². The van der Waals surface area contributed by atoms with Crippen LogP contribution in [0.25, 0.3) is 11.1 Å². The minimum Gasteiger partial charge on any atom is -0.408 e. The molecule has 0 saturated heterocycles. The Balaban J connectivity index is 2.21. The zero-order valence-corrected chi connectivity index (χ0v) is 10.0. The van der Waals surface area contributed by atoms with Gasteiger partial charge in [0.25, 0.3) is 0 Å². The third-order valence-corrected chi connectivity index (χ3v) is 2.84. The van der Waals surface area contributed by atoms with E-state index in [9.17, 15) is 9.59 Å². The SMILES string of the molecule is CCC(CN)C(=O)Nc1ccc2[nH]c(=O)oc2c1. The molecule has 0 radical (unpaired) electrons. The van der Waals surface area contributed by atoms with Crippen LogP contribution in [0.4, 0.5) is 5.69 Å². The second kappa shape index (κ2) is 5.05. The van der Waals surface area contributed by atoms with Crippen molar-refractivity contribution in [3.63, 3.8) is 0 Å². The maximum Gasteiger partial charge on any atom is 0.417 e. The molecule has 18 heavy (non-hydrogen) atoms. The Kier molecular flexibility index (Phi) is 3.47. The average molecular weight is 249 g/mol. The second-order valence-corrected chi connectivity index (χ2v) is 4.06. The third kappa shape index (κ3) is 2.43. The molecule has 0 bridgehead atoms. The number of carbonyl (C=O) groups excluding carboxylic acids is 1. The van der Waals surface area contributed by atoms with Crippen LogP contribution in [0, 0.1) is 5.92 Å². The Hall–Kier alpha value is -2.08. The van der Waals surface area contributed by atoms with E-state index in [-0.39, 0.29) is 11.8 Å². The highest BCUT2D eigenvalue weighted by atomic mass is 16.4. The van der Waals surface area contributed by atoms with E-state index in [4.69, 9.17) is 10.2 Å². The number of benzene rings is 1. The number of aromatic nitrogens is 1. The molecule has 2 rings (SSSR count). The van der Waals surface area contributed by atoms with Crippen molar-refractivity contribution in [2.24, 2.45) is 11.7 Å². The van der Waals surface area contributed by atoms with Gasteiger partial charge in [-0.15, -0.1) is 0 Å². The van der Waals surface area contributed by atoms with Crippen molar-refractivity contribution < 1.29 is 9.21 Å². The summed E-state index contributed by atoms with van der Waals surface area (Å²) in [5.74, 6) is -0.849. The molecule has 6 heteroatoms. The molecule has 6 nitrogen and oxygen atoms in total. The van der Waals surface area contributed by atoms with Gasteiger partial charge in [-0.05, 0) is 18.6 Å². The predicted octanol–water partition coefficient (Wildman–Crippen LogP) is 1.04. The molecule has 1 aromatic heterocycles. The first-order chi connectivity index (χ1) is 8.63. The van der Waals surface area contributed by atoms with Gasteiger partial charge in [0.2, 0.25) is 5.91 Å². The van der Waals surface area contributed by atoms with E-state index in [0.717, 1.165) is 0 Å². The molecule has 0 aliphatic rings. The standard InChI is InChI=1S/C12H15N3O3/c1-2-7(6-13)11(16)14-8-3-4-9-10(5-8)18-12(17)15-9/h3-5,7H,2,6,13H2,1H3,(H,14,16)(H,15,17). The van der Waals surface area contributed by atoms with Crippen molar-refractivity contribution in [3.05, 3.63) is 28.7 Å². The van der Waals surface area contributed by atoms with Crippen LogP contribution in [0.5, 0.6) is 0 Å². The van der Waals surface area contributed by atoms with Gasteiger partial charge in [0.1, 0.15) is 0 Å². The molecule has 2 aromatic rings. The van der Waals surface area contributed by atoms with Gasteiger partial charge in [0.15, 0.2) is 5.58 Å². The first kappa shape index (κ1) is 12.4. The molecule has 96 valence electrons. The normalized spacial score (nSPS) is 12.6. The van der Waals surface area contributed by atoms with E-state index in [2.05, 4.69) is 10.3 Å². The minimum atomic E-state index is -0.512. The molecular formula is C12H15N3O3. The van der Waals surface area contributed by atoms with Crippen LogP contribution in [0.15, 0.2) is 27.4 Å². The van der Waals surface area contributed by atoms with Crippen LogP contribution in [-0.2, 0) is 4.79 Å². The average Bonchev–Trinajstić information content (AvgIpc) is 2.70. The van der Waals surface area contributed by atoms with Crippen LogP contribution in [0.2, 0.25) is 0 Å². The highest BCUT2D eigenvalue weighted by Gasteiger charge is 2.14. The molecule has 1 unspecified atom stereocenters. The summed E-state index contributed by atoms with van der Waals surface area (Å²) in [4.78, 5) is 25.4. The maximum absolute atomic E-state index is 11.8. The molecule has 1 heterocycles. The van der Waals surface area contributed by atoms with Crippen LogP contribution >= 0.6 is 0 Å². The van der Waals surface area contributed by atoms with E-state index >= 15 is 0 Å². The van der Waals surface area contributed by atoms with Crippen molar-refractivity contribution >= 4 is 22.7 Å². The Bertz CT molecular complexity index is 610. The fourth-order valence-corrected chi connectivity index (χ4v) is 1.73. The first-order valence-corrected chi connectivity index (χ1v) is 5.78. The van der Waals surface area contributed by atoms with Gasteiger partial charge in [0.05, 0.1) is 11.4 Å². The number of carbonyl (C=O) groups is 1. The summed E-state index contributed by atoms with van der Waals surface area (Å²) in [7, 11) is 0. The molecule has 1 atom stereocenters. The van der Waals surface area contributed by atoms with Gasteiger partial charge in [-0.3, -0.25) is 9.78 Å². The van der Waals surface area contributed by atoms with Gasteiger partial charge in [-0.1, -0.05) is 6.92 Å². The number of aromatic amines is 1. The number of fused-ring (bicyclic) bond motifs is 1. The Morgan fingerprint density at radius 3 is 3.00 bits per heavy atom. The topological polar surface area (TPSA) is 101 Å². The summed E-state index contributed by atoms with van der Waals surface area (Å²) >= 11 is 0. The largest absolute Gasteiger partial charge is 0.417 e. The fourth-order valence-electron chi connectivity index (χ4n) is 1.73. The lowest BCUT2D eigenvalue weighted by Crippen LogP contribution is -2.28. The highest BCUT2D eigenvalue weighted by molar-refractivity contribution is 5.94. The van der Waals surface area contributed by atoms with Gasteiger partial charge in [-0.2, -0.15) is 0 Å². The number of oxazole rings is 1. The van der Waals surface area contributed by atoms with E-state index in [1.807, 2.05) is 6.92 Å². The Morgan fingerprint density at radius 2 is 2.33 bits per heavy atom. The lowest BCUT2D eigenvalue weighted by Gasteiger charge is -2.12. The van der Waals surface area contributed by atoms with Crippen LogP contribution in [-0.4, -0.2) is 17.4 Å². The zero-order chi connectivity index (χ0) is 13.1. The molecule has 0 saturated carbocycles. The zero-order valence-electron chi connectivity index (χ0n) is 10.0. The fraction of sp³-hybridized carbons (Fsp3) is 0.333. The number of H-pyrrole nitrogens is 1. The van der Waals surface area contributed by atoms with Gasteiger partial charge in [-0.25, -0.2) is 4.79 Å². The van der Waals surface area contributed by atoms with Crippen molar-refractivity contribution in [2.45, 2.75) is 13.3 Å². The molecule has 1 aromatic carbocycles. The summed E-state index contributed by atoms with van der Waals surface area (Å²) < 4.78 is 4.92. The molecule has 0 fully saturated rings. The van der Waals surface area contributed by atoms with Gasteiger partial charge < -0.3 is 15.5 Å². The summed E-state index contributed by atoms with van der Waals surface area (Å²) in [5.41, 5.74) is 7.11. The first-order valence-electron chi connectivity index (χ1n) is 5.78. The highest BCUT2D eigenvalue weighted by Crippen LogP contribution is 2.17. The van der Waals surface area contributed by atoms with Crippen LogP contribution in [0.1, 0.15) is 13.3 Å². The number of hydrogen-bond acceptors (Lipinski definition) is 4. The summed E-state index contributed by atoms with van der Waals surface area (Å²) in [6.45, 7) is 2.22. The molecule has 1 amide bonds. The van der Waals surface area contributed by atoms with Gasteiger partial charge >= 0.3 is 5.76 Å². The lowest BCUT2D eigenvalue weighted by atomic mass is 10.1. The monoisotopic (exact) mass is 249 g/mol. The number of anilines is 1. The number of nitrogens with one attached hydrogen (secondary N) is 2. The quantitative estimate of drug-likeness (QED) is 0.753. The molecule has 0 aliphatic heterocycles. The smallest absolute Gasteiger partial charge is 0.408 e. The number of amides is 1. The van der Waals surface area contributed by atoms with Crippen LogP contribution < -0.4 is 16.8 Å². The maximum atomic E-state index is 11.8. The third-order valence-electron chi connectivity index (χ3n) is 2.84. The molecule has 0 spiro atoms. The van der Waals surface area contributed by atoms with Crippen molar-refractivity contribution in [3.8, 4) is 0 Å². The molecular weight excluding hydrogens is 234 g/mol. The Labute approximate surface area is 103 Å². The predicted molar refractivity (Wildman–Crippen MR) is 68.3 cm³/mol. The minimum absolute atomic E-state index is 0.128. The Morgan fingerprint density at radius 1 is 1.56 bits per heavy atom. The van der Waals surface area contributed by atoms with Crippen LogP contribution in [0.3, 0.4) is 0 Å². The van der Waals surface area contributed by atoms with E-state index in [1.54, 1.807) is 18.2 Å². The number of nitrogens with two attached hydrogens (primary N) is 1. The van der Waals surface area contributed by atoms with E-state index in [1.165, 1.54) is 0 Å². The molecule has 0 aliphatic carbocycles. The van der Waals surface area contributed by atoms with Crippen molar-refractivity contribution in [1.29, 1.82) is 0 Å². The summed E-state index contributed by atoms with van der Waals surface area (Å²) in [6, 6.07) is 4.99. The number of hydrogen-bond donors (Lipinski definition) is 3. The van der Waals surface area contributed by atoms with E-state index < -0.39 is 5.76 Å². The van der Waals surface area contributed by atoms with Crippen molar-refractivity contribution in [1.82, 2.24) is 4.98 Å². The van der Waals surface area contributed by atoms with Crippen molar-refractivity contribution in [2.75, 3.05) is 11.9 Å². The lowest BCUT2D eigenvalue weighted by molar-refractivity contribution is -0.119. The summed E-state index contributed by atoms with van der Waals surface area (Å²) in [5, 5.41) is 2.75.